The standard InChI is InChI=1S/C14H20N2O3/c1-2-16(10-6-7-10)9-8-15-14(19)11-4-3-5-12(17)13(11)18/h3-5,10,17-18H,2,6-9H2,1H3,(H,15,19). The molecule has 2 rings (SSSR count). The molecule has 5 nitrogen and oxygen atoms in total. The van der Waals surface area contributed by atoms with Crippen LogP contribution in [0.2, 0.25) is 0 Å². The van der Waals surface area contributed by atoms with Crippen LogP contribution in [0.25, 0.3) is 0 Å². The maximum Gasteiger partial charge on any atom is 0.255 e. The molecule has 0 atom stereocenters. The molecule has 0 unspecified atom stereocenters. The first-order valence-electron chi connectivity index (χ1n) is 6.66. The molecule has 1 aliphatic rings. The molecule has 0 saturated heterocycles. The molecular weight excluding hydrogens is 244 g/mol. The van der Waals surface area contributed by atoms with Gasteiger partial charge in [0.05, 0.1) is 5.56 Å². The lowest BCUT2D eigenvalue weighted by atomic mass is 10.1. The lowest BCUT2D eigenvalue weighted by molar-refractivity contribution is 0.0944. The quantitative estimate of drug-likeness (QED) is 0.677. The second-order valence-electron chi connectivity index (χ2n) is 4.79. The highest BCUT2D eigenvalue weighted by Crippen LogP contribution is 2.28. The Bertz CT molecular complexity index is 458. The lowest BCUT2D eigenvalue weighted by Gasteiger charge is -2.19. The molecular formula is C14H20N2O3. The van der Waals surface area contributed by atoms with E-state index in [1.165, 1.54) is 31.0 Å². The molecule has 19 heavy (non-hydrogen) atoms. The van der Waals surface area contributed by atoms with E-state index in [1.807, 2.05) is 0 Å². The van der Waals surface area contributed by atoms with E-state index in [0.29, 0.717) is 12.6 Å². The number of rotatable bonds is 6. The van der Waals surface area contributed by atoms with E-state index in [1.54, 1.807) is 0 Å². The van der Waals surface area contributed by atoms with Crippen molar-refractivity contribution in [1.29, 1.82) is 0 Å². The number of aromatic hydroxyl groups is 2. The zero-order valence-electron chi connectivity index (χ0n) is 11.1. The van der Waals surface area contributed by atoms with Crippen LogP contribution in [-0.2, 0) is 0 Å². The fraction of sp³-hybridized carbons (Fsp3) is 0.500. The number of likely N-dealkylation sites (N-methyl/N-ethyl adjacent to an activating group) is 1. The van der Waals surface area contributed by atoms with Gasteiger partial charge in [-0.3, -0.25) is 9.69 Å². The molecule has 3 N–H and O–H groups in total. The first kappa shape index (κ1) is 13.7. The van der Waals surface area contributed by atoms with Crippen LogP contribution in [-0.4, -0.2) is 46.7 Å². The molecule has 104 valence electrons. The third-order valence-electron chi connectivity index (χ3n) is 3.41. The van der Waals surface area contributed by atoms with E-state index < -0.39 is 0 Å². The average Bonchev–Trinajstić information content (AvgIpc) is 3.22. The van der Waals surface area contributed by atoms with Gasteiger partial charge < -0.3 is 15.5 Å². The Morgan fingerprint density at radius 3 is 2.79 bits per heavy atom. The number of benzene rings is 1. The van der Waals surface area contributed by atoms with Crippen LogP contribution in [0, 0.1) is 0 Å². The molecule has 1 aromatic carbocycles. The van der Waals surface area contributed by atoms with E-state index in [9.17, 15) is 15.0 Å². The average molecular weight is 264 g/mol. The fourth-order valence-corrected chi connectivity index (χ4v) is 2.16. The van der Waals surface area contributed by atoms with Gasteiger partial charge >= 0.3 is 0 Å². The largest absolute Gasteiger partial charge is 0.504 e. The van der Waals surface area contributed by atoms with Crippen LogP contribution in [0.4, 0.5) is 0 Å². The topological polar surface area (TPSA) is 72.8 Å². The van der Waals surface area contributed by atoms with Gasteiger partial charge in [0, 0.05) is 19.1 Å². The number of phenolic OH excluding ortho intramolecular Hbond substituents is 2. The Balaban J connectivity index is 1.85. The van der Waals surface area contributed by atoms with Gasteiger partial charge in [-0.2, -0.15) is 0 Å². The van der Waals surface area contributed by atoms with Gasteiger partial charge in [0.25, 0.3) is 5.91 Å². The van der Waals surface area contributed by atoms with E-state index in [0.717, 1.165) is 13.1 Å². The van der Waals surface area contributed by atoms with Crippen LogP contribution >= 0.6 is 0 Å². The van der Waals surface area contributed by atoms with Crippen molar-refractivity contribution in [3.05, 3.63) is 23.8 Å². The van der Waals surface area contributed by atoms with Gasteiger partial charge in [-0.05, 0) is 31.5 Å². The number of nitrogens with one attached hydrogen (secondary N) is 1. The zero-order valence-corrected chi connectivity index (χ0v) is 11.1. The number of para-hydroxylation sites is 1. The SMILES string of the molecule is CCN(CCNC(=O)c1cccc(O)c1O)C1CC1. The number of carbonyl (C=O) groups excluding carboxylic acids is 1. The summed E-state index contributed by atoms with van der Waals surface area (Å²) in [4.78, 5) is 14.2. The number of carbonyl (C=O) groups is 1. The first-order chi connectivity index (χ1) is 9.13. The summed E-state index contributed by atoms with van der Waals surface area (Å²) in [7, 11) is 0. The minimum absolute atomic E-state index is 0.106. The van der Waals surface area contributed by atoms with Crippen molar-refractivity contribution in [2.45, 2.75) is 25.8 Å². The third kappa shape index (κ3) is 3.38. The number of phenols is 2. The Labute approximate surface area is 112 Å². The van der Waals surface area contributed by atoms with Crippen molar-refractivity contribution in [3.8, 4) is 11.5 Å². The Morgan fingerprint density at radius 2 is 2.16 bits per heavy atom. The van der Waals surface area contributed by atoms with Gasteiger partial charge in [0.1, 0.15) is 0 Å². The number of nitrogens with zero attached hydrogens (tertiary/aromatic N) is 1. The molecule has 0 radical (unpaired) electrons. The van der Waals surface area contributed by atoms with Crippen molar-refractivity contribution >= 4 is 5.91 Å². The van der Waals surface area contributed by atoms with Gasteiger partial charge in [0.15, 0.2) is 11.5 Å². The highest BCUT2D eigenvalue weighted by molar-refractivity contribution is 5.97. The maximum atomic E-state index is 11.9. The molecule has 1 saturated carbocycles. The third-order valence-corrected chi connectivity index (χ3v) is 3.41. The minimum Gasteiger partial charge on any atom is -0.504 e. The van der Waals surface area contributed by atoms with Crippen LogP contribution in [0.5, 0.6) is 11.5 Å². The summed E-state index contributed by atoms with van der Waals surface area (Å²) in [5.41, 5.74) is 0.106. The molecule has 1 aliphatic carbocycles. The highest BCUT2D eigenvalue weighted by Gasteiger charge is 2.27. The van der Waals surface area contributed by atoms with E-state index in [4.69, 9.17) is 0 Å². The first-order valence-corrected chi connectivity index (χ1v) is 6.66. The van der Waals surface area contributed by atoms with Crippen molar-refractivity contribution in [2.24, 2.45) is 0 Å². The van der Waals surface area contributed by atoms with E-state index >= 15 is 0 Å². The predicted molar refractivity (Wildman–Crippen MR) is 72.4 cm³/mol. The highest BCUT2D eigenvalue weighted by atomic mass is 16.3. The summed E-state index contributed by atoms with van der Waals surface area (Å²) < 4.78 is 0. The number of hydrogen-bond acceptors (Lipinski definition) is 4. The van der Waals surface area contributed by atoms with Crippen molar-refractivity contribution in [1.82, 2.24) is 10.2 Å². The van der Waals surface area contributed by atoms with Crippen LogP contribution in [0.1, 0.15) is 30.1 Å². The summed E-state index contributed by atoms with van der Waals surface area (Å²) >= 11 is 0. The summed E-state index contributed by atoms with van der Waals surface area (Å²) in [5, 5.41) is 21.7. The predicted octanol–water partition coefficient (Wildman–Crippen LogP) is 1.31. The smallest absolute Gasteiger partial charge is 0.255 e. The zero-order chi connectivity index (χ0) is 13.8. The maximum absolute atomic E-state index is 11.9. The summed E-state index contributed by atoms with van der Waals surface area (Å²) in [5.74, 6) is -1.00. The van der Waals surface area contributed by atoms with Crippen LogP contribution in [0.15, 0.2) is 18.2 Å². The second kappa shape index (κ2) is 5.93. The number of hydrogen-bond donors (Lipinski definition) is 3. The van der Waals surface area contributed by atoms with E-state index in [-0.39, 0.29) is 23.0 Å². The van der Waals surface area contributed by atoms with E-state index in [2.05, 4.69) is 17.1 Å². The van der Waals surface area contributed by atoms with Gasteiger partial charge in [-0.1, -0.05) is 13.0 Å². The molecule has 0 spiro atoms. The van der Waals surface area contributed by atoms with Crippen LogP contribution < -0.4 is 5.32 Å². The molecule has 1 aromatic rings. The monoisotopic (exact) mass is 264 g/mol. The normalized spacial score (nSPS) is 14.6. The molecule has 0 heterocycles. The molecule has 0 aliphatic heterocycles. The second-order valence-corrected chi connectivity index (χ2v) is 4.79. The Morgan fingerprint density at radius 1 is 1.42 bits per heavy atom. The van der Waals surface area contributed by atoms with Gasteiger partial charge in [-0.25, -0.2) is 0 Å². The van der Waals surface area contributed by atoms with Crippen molar-refractivity contribution in [3.63, 3.8) is 0 Å². The summed E-state index contributed by atoms with van der Waals surface area (Å²) in [6.07, 6.45) is 2.49. The molecule has 0 bridgehead atoms. The molecule has 1 fully saturated rings. The van der Waals surface area contributed by atoms with Gasteiger partial charge in [-0.15, -0.1) is 0 Å². The van der Waals surface area contributed by atoms with Crippen molar-refractivity contribution < 1.29 is 15.0 Å². The Kier molecular flexibility index (Phi) is 4.27. The van der Waals surface area contributed by atoms with Gasteiger partial charge in [0.2, 0.25) is 0 Å². The minimum atomic E-state index is -0.366. The van der Waals surface area contributed by atoms with Crippen LogP contribution in [0.3, 0.4) is 0 Å². The number of amides is 1. The molecule has 5 heteroatoms. The fourth-order valence-electron chi connectivity index (χ4n) is 2.16. The Hall–Kier alpha value is -1.75. The molecule has 0 aromatic heterocycles. The molecule has 1 amide bonds. The van der Waals surface area contributed by atoms with Crippen molar-refractivity contribution in [2.75, 3.05) is 19.6 Å². The summed E-state index contributed by atoms with van der Waals surface area (Å²) in [6, 6.07) is 5.05. The lowest BCUT2D eigenvalue weighted by Crippen LogP contribution is -2.36. The summed E-state index contributed by atoms with van der Waals surface area (Å²) in [6.45, 7) is 4.45.